The molecule has 0 spiro atoms. The summed E-state index contributed by atoms with van der Waals surface area (Å²) in [6.07, 6.45) is 1.45. The molecule has 0 bridgehead atoms. The summed E-state index contributed by atoms with van der Waals surface area (Å²) in [7, 11) is 0. The standard InChI is InChI=1S/C24H25BrClN3O4/c1-5-14(3)22-28-20-9-7-17(25)12-19(20)23(30)29(22)27-13-16-11-18(26)8-10-21(16)33-15(4)24(31)32-6-2/h7-15H,5-6H2,1-4H3/t14-,15+/m1/s1. The van der Waals surface area contributed by atoms with E-state index in [4.69, 9.17) is 26.1 Å². The molecular formula is C24H25BrClN3O4. The molecule has 33 heavy (non-hydrogen) atoms. The fraction of sp³-hybridized carbons (Fsp3) is 0.333. The molecular weight excluding hydrogens is 510 g/mol. The lowest BCUT2D eigenvalue weighted by molar-refractivity contribution is -0.150. The van der Waals surface area contributed by atoms with Gasteiger partial charge in [0.1, 0.15) is 11.6 Å². The van der Waals surface area contributed by atoms with Crippen molar-refractivity contribution in [2.24, 2.45) is 5.10 Å². The Balaban J connectivity index is 2.08. The fourth-order valence-corrected chi connectivity index (χ4v) is 3.67. The molecule has 0 N–H and O–H groups in total. The highest BCUT2D eigenvalue weighted by molar-refractivity contribution is 9.10. The first-order valence-corrected chi connectivity index (χ1v) is 11.8. The number of carbonyl (C=O) groups is 1. The minimum absolute atomic E-state index is 0.00168. The van der Waals surface area contributed by atoms with E-state index >= 15 is 0 Å². The number of aromatic nitrogens is 2. The van der Waals surface area contributed by atoms with Crippen LogP contribution in [0, 0.1) is 0 Å². The number of fused-ring (bicyclic) bond motifs is 1. The number of nitrogens with zero attached hydrogens (tertiary/aromatic N) is 3. The molecule has 0 radical (unpaired) electrons. The Morgan fingerprint density at radius 2 is 2.00 bits per heavy atom. The molecule has 9 heteroatoms. The van der Waals surface area contributed by atoms with Crippen molar-refractivity contribution in [2.45, 2.75) is 46.1 Å². The van der Waals surface area contributed by atoms with Gasteiger partial charge in [0.2, 0.25) is 0 Å². The van der Waals surface area contributed by atoms with Crippen LogP contribution in [0.25, 0.3) is 10.9 Å². The maximum atomic E-state index is 13.3. The van der Waals surface area contributed by atoms with Crippen molar-refractivity contribution < 1.29 is 14.3 Å². The Morgan fingerprint density at radius 3 is 2.70 bits per heavy atom. The summed E-state index contributed by atoms with van der Waals surface area (Å²) in [5, 5.41) is 5.37. The molecule has 3 aromatic rings. The molecule has 0 aliphatic carbocycles. The molecule has 0 aliphatic rings. The van der Waals surface area contributed by atoms with E-state index < -0.39 is 12.1 Å². The highest BCUT2D eigenvalue weighted by atomic mass is 79.9. The number of carbonyl (C=O) groups excluding carboxylic acids is 1. The molecule has 2 atom stereocenters. The Kier molecular flexibility index (Phi) is 8.26. The van der Waals surface area contributed by atoms with Crippen molar-refractivity contribution in [3.8, 4) is 5.75 Å². The summed E-state index contributed by atoms with van der Waals surface area (Å²) >= 11 is 9.59. The van der Waals surface area contributed by atoms with E-state index in [1.807, 2.05) is 19.9 Å². The van der Waals surface area contributed by atoms with Gasteiger partial charge in [0.05, 0.1) is 23.7 Å². The van der Waals surface area contributed by atoms with Gasteiger partial charge in [-0.05, 0) is 56.7 Å². The minimum Gasteiger partial charge on any atom is -0.478 e. The van der Waals surface area contributed by atoms with Gasteiger partial charge in [-0.25, -0.2) is 9.78 Å². The summed E-state index contributed by atoms with van der Waals surface area (Å²) in [4.78, 5) is 30.0. The fourth-order valence-electron chi connectivity index (χ4n) is 3.12. The van der Waals surface area contributed by atoms with Gasteiger partial charge >= 0.3 is 5.97 Å². The number of hydrogen-bond acceptors (Lipinski definition) is 6. The lowest BCUT2D eigenvalue weighted by Crippen LogP contribution is -2.26. The molecule has 3 rings (SSSR count). The van der Waals surface area contributed by atoms with Gasteiger partial charge in [-0.1, -0.05) is 41.4 Å². The summed E-state index contributed by atoms with van der Waals surface area (Å²) in [5.74, 6) is 0.466. The highest BCUT2D eigenvalue weighted by Crippen LogP contribution is 2.24. The molecule has 0 saturated carbocycles. The zero-order chi connectivity index (χ0) is 24.1. The van der Waals surface area contributed by atoms with E-state index in [2.05, 4.69) is 21.0 Å². The lowest BCUT2D eigenvalue weighted by atomic mass is 10.1. The predicted molar refractivity (Wildman–Crippen MR) is 134 cm³/mol. The van der Waals surface area contributed by atoms with Crippen LogP contribution in [0.4, 0.5) is 0 Å². The normalized spacial score (nSPS) is 13.3. The quantitative estimate of drug-likeness (QED) is 0.280. The van der Waals surface area contributed by atoms with Crippen LogP contribution in [0.1, 0.15) is 51.4 Å². The van der Waals surface area contributed by atoms with E-state index in [-0.39, 0.29) is 18.1 Å². The number of ether oxygens (including phenoxy) is 2. The molecule has 7 nitrogen and oxygen atoms in total. The summed E-state index contributed by atoms with van der Waals surface area (Å²) in [6, 6.07) is 10.3. The SMILES string of the molecule is CCOC(=O)[C@H](C)Oc1ccc(Cl)cc1C=Nn1c([C@H](C)CC)nc2ccc(Br)cc2c1=O. The first-order chi connectivity index (χ1) is 15.7. The van der Waals surface area contributed by atoms with Gasteiger partial charge in [0, 0.05) is 21.0 Å². The summed E-state index contributed by atoms with van der Waals surface area (Å²) in [5.41, 5.74) is 0.840. The molecule has 0 aliphatic heterocycles. The van der Waals surface area contributed by atoms with Crippen LogP contribution in [0.3, 0.4) is 0 Å². The molecule has 174 valence electrons. The molecule has 0 amide bonds. The number of benzene rings is 2. The smallest absolute Gasteiger partial charge is 0.347 e. The number of rotatable bonds is 8. The maximum absolute atomic E-state index is 13.3. The average molecular weight is 535 g/mol. The van der Waals surface area contributed by atoms with E-state index in [1.54, 1.807) is 44.2 Å². The second-order valence-corrected chi connectivity index (χ2v) is 8.85. The number of esters is 1. The van der Waals surface area contributed by atoms with Crippen LogP contribution in [0.15, 0.2) is 50.8 Å². The highest BCUT2D eigenvalue weighted by Gasteiger charge is 2.18. The van der Waals surface area contributed by atoms with Crippen molar-refractivity contribution in [1.29, 1.82) is 0 Å². The maximum Gasteiger partial charge on any atom is 0.347 e. The zero-order valence-corrected chi connectivity index (χ0v) is 21.2. The van der Waals surface area contributed by atoms with E-state index in [0.717, 1.165) is 10.9 Å². The Bertz CT molecular complexity index is 1260. The van der Waals surface area contributed by atoms with E-state index in [1.165, 1.54) is 10.9 Å². The van der Waals surface area contributed by atoms with Gasteiger partial charge in [-0.3, -0.25) is 4.79 Å². The first-order valence-electron chi connectivity index (χ1n) is 10.6. The van der Waals surface area contributed by atoms with Gasteiger partial charge < -0.3 is 9.47 Å². The average Bonchev–Trinajstić information content (AvgIpc) is 2.79. The van der Waals surface area contributed by atoms with E-state index in [9.17, 15) is 9.59 Å². The van der Waals surface area contributed by atoms with Crippen molar-refractivity contribution in [3.05, 3.63) is 67.6 Å². The van der Waals surface area contributed by atoms with Crippen molar-refractivity contribution in [3.63, 3.8) is 0 Å². The van der Waals surface area contributed by atoms with E-state index in [0.29, 0.717) is 33.1 Å². The largest absolute Gasteiger partial charge is 0.478 e. The molecule has 1 heterocycles. The molecule has 1 aromatic heterocycles. The van der Waals surface area contributed by atoms with Gasteiger partial charge in [-0.2, -0.15) is 9.78 Å². The van der Waals surface area contributed by atoms with Crippen LogP contribution in [0.5, 0.6) is 5.75 Å². The lowest BCUT2D eigenvalue weighted by Gasteiger charge is -2.16. The third-order valence-corrected chi connectivity index (χ3v) is 5.82. The number of halogens is 2. The molecule has 2 aromatic carbocycles. The third kappa shape index (κ3) is 5.81. The first kappa shape index (κ1) is 24.9. The van der Waals surface area contributed by atoms with Gasteiger partial charge in [-0.15, -0.1) is 0 Å². The molecule has 0 fully saturated rings. The van der Waals surface area contributed by atoms with Crippen LogP contribution in [-0.2, 0) is 9.53 Å². The summed E-state index contributed by atoms with van der Waals surface area (Å²) in [6.45, 7) is 7.61. The number of hydrogen-bond donors (Lipinski definition) is 0. The minimum atomic E-state index is -0.823. The molecule has 0 unspecified atom stereocenters. The van der Waals surface area contributed by atoms with Crippen LogP contribution in [0.2, 0.25) is 5.02 Å². The molecule has 0 saturated heterocycles. The van der Waals surface area contributed by atoms with Crippen LogP contribution >= 0.6 is 27.5 Å². The topological polar surface area (TPSA) is 82.8 Å². The van der Waals surface area contributed by atoms with Gasteiger partial charge in [0.15, 0.2) is 6.10 Å². The second-order valence-electron chi connectivity index (χ2n) is 7.50. The summed E-state index contributed by atoms with van der Waals surface area (Å²) < 4.78 is 12.9. The Hall–Kier alpha value is -2.71. The Morgan fingerprint density at radius 1 is 1.24 bits per heavy atom. The van der Waals surface area contributed by atoms with Crippen molar-refractivity contribution in [1.82, 2.24) is 9.66 Å². The van der Waals surface area contributed by atoms with Crippen LogP contribution in [-0.4, -0.2) is 34.6 Å². The second kappa shape index (κ2) is 10.9. The van der Waals surface area contributed by atoms with Gasteiger partial charge in [0.25, 0.3) is 5.56 Å². The zero-order valence-electron chi connectivity index (χ0n) is 18.8. The Labute approximate surface area is 205 Å². The van der Waals surface area contributed by atoms with Crippen LogP contribution < -0.4 is 10.3 Å². The predicted octanol–water partition coefficient (Wildman–Crippen LogP) is 5.54. The van der Waals surface area contributed by atoms with Crippen molar-refractivity contribution >= 4 is 50.6 Å². The third-order valence-electron chi connectivity index (χ3n) is 5.09. The van der Waals surface area contributed by atoms with Crippen molar-refractivity contribution in [2.75, 3.05) is 6.61 Å². The monoisotopic (exact) mass is 533 g/mol.